The molecule has 0 aromatic heterocycles. The maximum atomic E-state index is 5.58. The summed E-state index contributed by atoms with van der Waals surface area (Å²) < 4.78 is 5.58. The first kappa shape index (κ1) is 14.9. The molecule has 110 valence electrons. The van der Waals surface area contributed by atoms with Crippen LogP contribution in [-0.2, 0) is 4.74 Å². The Balaban J connectivity index is 2.12. The average molecular weight is 266 g/mol. The highest BCUT2D eigenvalue weighted by Gasteiger charge is 2.38. The van der Waals surface area contributed by atoms with Crippen molar-refractivity contribution in [3.63, 3.8) is 0 Å². The van der Waals surface area contributed by atoms with Gasteiger partial charge in [-0.1, -0.05) is 6.92 Å². The summed E-state index contributed by atoms with van der Waals surface area (Å²) in [6, 6.07) is 0.422. The van der Waals surface area contributed by atoms with Crippen LogP contribution in [0.5, 0.6) is 0 Å². The normalized spacial score (nSPS) is 23.0. The number of nitrogens with zero attached hydrogens (tertiary/aromatic N) is 1. The minimum absolute atomic E-state index is 0.179. The number of ether oxygens (including phenoxy) is 1. The highest BCUT2D eigenvalue weighted by atomic mass is 16.5. The van der Waals surface area contributed by atoms with Crippen molar-refractivity contribution in [2.75, 3.05) is 26.2 Å². The first-order valence-corrected chi connectivity index (χ1v) is 7.95. The molecule has 3 nitrogen and oxygen atoms in total. The Morgan fingerprint density at radius 1 is 1.32 bits per heavy atom. The van der Waals surface area contributed by atoms with Crippen LogP contribution >= 0.6 is 0 Å². The molecule has 0 aromatic carbocycles. The zero-order valence-corrected chi connectivity index (χ0v) is 12.9. The van der Waals surface area contributed by atoms with E-state index in [1.807, 2.05) is 6.26 Å². The molecule has 0 radical (unpaired) electrons. The topological polar surface area (TPSA) is 24.5 Å². The van der Waals surface area contributed by atoms with Crippen molar-refractivity contribution in [2.45, 2.75) is 64.5 Å². The molecule has 0 aromatic rings. The van der Waals surface area contributed by atoms with Gasteiger partial charge in [-0.05, 0) is 71.2 Å². The van der Waals surface area contributed by atoms with Gasteiger partial charge in [0.15, 0.2) is 0 Å². The van der Waals surface area contributed by atoms with E-state index in [4.69, 9.17) is 4.74 Å². The standard InChI is InChI=1S/C16H30N2O/c1-4-9-17-15(14-8-7-12-19-13-14)16(2,3)18-10-5-6-11-18/h13,15,17H,4-12H2,1-3H3. The van der Waals surface area contributed by atoms with Crippen molar-refractivity contribution in [3.8, 4) is 0 Å². The molecule has 2 aliphatic rings. The van der Waals surface area contributed by atoms with Crippen molar-refractivity contribution < 1.29 is 4.74 Å². The highest BCUT2D eigenvalue weighted by molar-refractivity contribution is 5.18. The Morgan fingerprint density at radius 2 is 2.05 bits per heavy atom. The molecular formula is C16H30N2O. The van der Waals surface area contributed by atoms with Gasteiger partial charge >= 0.3 is 0 Å². The van der Waals surface area contributed by atoms with Crippen LogP contribution in [0.15, 0.2) is 11.8 Å². The van der Waals surface area contributed by atoms with Crippen LogP contribution in [0.1, 0.15) is 52.9 Å². The maximum Gasteiger partial charge on any atom is 0.0876 e. The third-order valence-electron chi connectivity index (χ3n) is 4.56. The lowest BCUT2D eigenvalue weighted by atomic mass is 9.85. The molecule has 2 heterocycles. The fraction of sp³-hybridized carbons (Fsp3) is 0.875. The molecule has 1 atom stereocenters. The lowest BCUT2D eigenvalue weighted by Gasteiger charge is -2.44. The molecule has 1 N–H and O–H groups in total. The van der Waals surface area contributed by atoms with E-state index in [2.05, 4.69) is 31.0 Å². The first-order chi connectivity index (χ1) is 9.16. The summed E-state index contributed by atoms with van der Waals surface area (Å²) in [5, 5.41) is 3.77. The van der Waals surface area contributed by atoms with Crippen molar-refractivity contribution in [2.24, 2.45) is 0 Å². The first-order valence-electron chi connectivity index (χ1n) is 7.95. The van der Waals surface area contributed by atoms with Crippen LogP contribution < -0.4 is 5.32 Å². The van der Waals surface area contributed by atoms with Gasteiger partial charge in [0.05, 0.1) is 12.9 Å². The number of likely N-dealkylation sites (tertiary alicyclic amines) is 1. The van der Waals surface area contributed by atoms with Gasteiger partial charge in [-0.25, -0.2) is 0 Å². The van der Waals surface area contributed by atoms with Crippen molar-refractivity contribution in [1.29, 1.82) is 0 Å². The molecule has 2 aliphatic heterocycles. The van der Waals surface area contributed by atoms with Gasteiger partial charge in [0.2, 0.25) is 0 Å². The summed E-state index contributed by atoms with van der Waals surface area (Å²) in [5.74, 6) is 0. The summed E-state index contributed by atoms with van der Waals surface area (Å²) >= 11 is 0. The van der Waals surface area contributed by atoms with Crippen LogP contribution in [0, 0.1) is 0 Å². The zero-order valence-electron chi connectivity index (χ0n) is 12.9. The van der Waals surface area contributed by atoms with Crippen LogP contribution in [0.25, 0.3) is 0 Å². The summed E-state index contributed by atoms with van der Waals surface area (Å²) in [6.07, 6.45) is 8.24. The van der Waals surface area contributed by atoms with E-state index in [1.165, 1.54) is 44.3 Å². The number of nitrogens with one attached hydrogen (secondary N) is 1. The van der Waals surface area contributed by atoms with Crippen molar-refractivity contribution >= 4 is 0 Å². The van der Waals surface area contributed by atoms with Gasteiger partial charge < -0.3 is 10.1 Å². The van der Waals surface area contributed by atoms with Gasteiger partial charge in [-0.15, -0.1) is 0 Å². The second kappa shape index (κ2) is 6.76. The second-order valence-electron chi connectivity index (χ2n) is 6.40. The van der Waals surface area contributed by atoms with E-state index >= 15 is 0 Å². The van der Waals surface area contributed by atoms with Gasteiger partial charge in [0.25, 0.3) is 0 Å². The minimum Gasteiger partial charge on any atom is -0.501 e. The highest BCUT2D eigenvalue weighted by Crippen LogP contribution is 2.30. The fourth-order valence-electron chi connectivity index (χ4n) is 3.40. The van der Waals surface area contributed by atoms with Crippen LogP contribution in [0.2, 0.25) is 0 Å². The van der Waals surface area contributed by atoms with Crippen LogP contribution in [0.3, 0.4) is 0 Å². The Morgan fingerprint density at radius 3 is 2.63 bits per heavy atom. The van der Waals surface area contributed by atoms with Gasteiger partial charge in [0.1, 0.15) is 0 Å². The fourth-order valence-corrected chi connectivity index (χ4v) is 3.40. The maximum absolute atomic E-state index is 5.58. The zero-order chi connectivity index (χ0) is 13.7. The second-order valence-corrected chi connectivity index (χ2v) is 6.40. The number of hydrogen-bond donors (Lipinski definition) is 1. The van der Waals surface area contributed by atoms with E-state index in [-0.39, 0.29) is 5.54 Å². The van der Waals surface area contributed by atoms with Crippen molar-refractivity contribution in [3.05, 3.63) is 11.8 Å². The van der Waals surface area contributed by atoms with Gasteiger partial charge in [-0.3, -0.25) is 4.90 Å². The van der Waals surface area contributed by atoms with E-state index in [0.717, 1.165) is 19.6 Å². The predicted molar refractivity (Wildman–Crippen MR) is 80.2 cm³/mol. The monoisotopic (exact) mass is 266 g/mol. The third kappa shape index (κ3) is 3.51. The van der Waals surface area contributed by atoms with Gasteiger partial charge in [-0.2, -0.15) is 0 Å². The SMILES string of the molecule is CCCNC(C1=COCCC1)C(C)(C)N1CCCC1. The molecule has 2 rings (SSSR count). The van der Waals surface area contributed by atoms with Gasteiger partial charge in [0, 0.05) is 11.6 Å². The smallest absolute Gasteiger partial charge is 0.0876 e. The molecular weight excluding hydrogens is 236 g/mol. The molecule has 0 amide bonds. The Bertz CT molecular complexity index is 306. The summed E-state index contributed by atoms with van der Waals surface area (Å²) in [7, 11) is 0. The number of rotatable bonds is 6. The van der Waals surface area contributed by atoms with E-state index in [1.54, 1.807) is 0 Å². The summed E-state index contributed by atoms with van der Waals surface area (Å²) in [4.78, 5) is 2.65. The number of hydrogen-bond acceptors (Lipinski definition) is 3. The molecule has 19 heavy (non-hydrogen) atoms. The predicted octanol–water partition coefficient (Wildman–Crippen LogP) is 2.92. The van der Waals surface area contributed by atoms with Crippen LogP contribution in [0.4, 0.5) is 0 Å². The molecule has 0 spiro atoms. The Hall–Kier alpha value is -0.540. The summed E-state index contributed by atoms with van der Waals surface area (Å²) in [5.41, 5.74) is 1.63. The molecule has 0 saturated carbocycles. The molecule has 0 bridgehead atoms. The lowest BCUT2D eigenvalue weighted by Crippen LogP contribution is -2.58. The molecule has 1 saturated heterocycles. The lowest BCUT2D eigenvalue weighted by molar-refractivity contribution is 0.112. The van der Waals surface area contributed by atoms with Crippen LogP contribution in [-0.4, -0.2) is 42.7 Å². The molecule has 1 fully saturated rings. The van der Waals surface area contributed by atoms with E-state index in [0.29, 0.717) is 6.04 Å². The van der Waals surface area contributed by atoms with E-state index < -0.39 is 0 Å². The quantitative estimate of drug-likeness (QED) is 0.800. The van der Waals surface area contributed by atoms with E-state index in [9.17, 15) is 0 Å². The average Bonchev–Trinajstić information content (AvgIpc) is 2.95. The Kier molecular flexibility index (Phi) is 5.28. The molecule has 3 heteroatoms. The van der Waals surface area contributed by atoms with Crippen molar-refractivity contribution in [1.82, 2.24) is 10.2 Å². The third-order valence-corrected chi connectivity index (χ3v) is 4.56. The molecule has 1 unspecified atom stereocenters. The minimum atomic E-state index is 0.179. The summed E-state index contributed by atoms with van der Waals surface area (Å²) in [6.45, 7) is 11.5. The Labute approximate surface area is 118 Å². The largest absolute Gasteiger partial charge is 0.501 e. The molecule has 0 aliphatic carbocycles.